The van der Waals surface area contributed by atoms with E-state index in [4.69, 9.17) is 5.11 Å². The van der Waals surface area contributed by atoms with Crippen molar-refractivity contribution in [1.29, 1.82) is 0 Å². The largest absolute Gasteiger partial charge is 0.486 e. The Morgan fingerprint density at radius 1 is 1.50 bits per heavy atom. The van der Waals surface area contributed by atoms with E-state index in [2.05, 4.69) is 18.0 Å². The second-order valence-corrected chi connectivity index (χ2v) is 3.66. The SMILES string of the molecule is CCc1ccc2sc(O)nc2c1. The zero-order valence-corrected chi connectivity index (χ0v) is 7.56. The normalized spacial score (nSPS) is 10.8. The Labute approximate surface area is 74.5 Å². The van der Waals surface area contributed by atoms with Crippen LogP contribution in [0.25, 0.3) is 10.2 Å². The van der Waals surface area contributed by atoms with Gasteiger partial charge in [-0.1, -0.05) is 24.3 Å². The lowest BCUT2D eigenvalue weighted by Crippen LogP contribution is -1.77. The van der Waals surface area contributed by atoms with Gasteiger partial charge in [-0.15, -0.1) is 0 Å². The summed E-state index contributed by atoms with van der Waals surface area (Å²) in [6.07, 6.45) is 1.01. The summed E-state index contributed by atoms with van der Waals surface area (Å²) in [5, 5.41) is 9.28. The molecular formula is C9H9NOS. The third kappa shape index (κ3) is 1.16. The maximum atomic E-state index is 9.13. The van der Waals surface area contributed by atoms with Crippen LogP contribution < -0.4 is 0 Å². The Morgan fingerprint density at radius 3 is 3.08 bits per heavy atom. The lowest BCUT2D eigenvalue weighted by molar-refractivity contribution is 0.472. The van der Waals surface area contributed by atoms with Crippen molar-refractivity contribution in [2.45, 2.75) is 13.3 Å². The molecule has 0 unspecified atom stereocenters. The average Bonchev–Trinajstić information content (AvgIpc) is 2.43. The third-order valence-electron chi connectivity index (χ3n) is 1.85. The molecule has 1 aromatic heterocycles. The van der Waals surface area contributed by atoms with Crippen molar-refractivity contribution in [3.05, 3.63) is 23.8 Å². The molecule has 0 atom stereocenters. The van der Waals surface area contributed by atoms with E-state index in [0.29, 0.717) is 0 Å². The van der Waals surface area contributed by atoms with E-state index < -0.39 is 0 Å². The fraction of sp³-hybridized carbons (Fsp3) is 0.222. The van der Waals surface area contributed by atoms with Crippen molar-refractivity contribution in [2.24, 2.45) is 0 Å². The molecule has 12 heavy (non-hydrogen) atoms. The van der Waals surface area contributed by atoms with Crippen molar-refractivity contribution >= 4 is 21.6 Å². The number of rotatable bonds is 1. The van der Waals surface area contributed by atoms with Crippen molar-refractivity contribution in [3.63, 3.8) is 0 Å². The van der Waals surface area contributed by atoms with E-state index in [1.54, 1.807) is 0 Å². The van der Waals surface area contributed by atoms with E-state index in [9.17, 15) is 0 Å². The van der Waals surface area contributed by atoms with Crippen LogP contribution in [-0.4, -0.2) is 10.1 Å². The quantitative estimate of drug-likeness (QED) is 0.729. The molecule has 62 valence electrons. The highest BCUT2D eigenvalue weighted by molar-refractivity contribution is 7.20. The van der Waals surface area contributed by atoms with Crippen LogP contribution in [-0.2, 0) is 6.42 Å². The molecule has 0 fully saturated rings. The first-order valence-electron chi connectivity index (χ1n) is 3.88. The topological polar surface area (TPSA) is 33.1 Å². The number of hydrogen-bond donors (Lipinski definition) is 1. The van der Waals surface area contributed by atoms with Gasteiger partial charge in [0, 0.05) is 0 Å². The van der Waals surface area contributed by atoms with Gasteiger partial charge in [-0.05, 0) is 24.1 Å². The van der Waals surface area contributed by atoms with Crippen LogP contribution >= 0.6 is 11.3 Å². The molecule has 0 aliphatic rings. The molecule has 0 spiro atoms. The van der Waals surface area contributed by atoms with E-state index in [-0.39, 0.29) is 5.19 Å². The van der Waals surface area contributed by atoms with Crippen LogP contribution in [0.2, 0.25) is 0 Å². The van der Waals surface area contributed by atoms with Crippen LogP contribution in [0.3, 0.4) is 0 Å². The second-order valence-electron chi connectivity index (χ2n) is 2.65. The number of hydrogen-bond acceptors (Lipinski definition) is 3. The number of fused-ring (bicyclic) bond motifs is 1. The predicted octanol–water partition coefficient (Wildman–Crippen LogP) is 2.56. The molecule has 0 saturated heterocycles. The number of aromatic hydroxyl groups is 1. The summed E-state index contributed by atoms with van der Waals surface area (Å²) in [4.78, 5) is 4.00. The molecule has 1 N–H and O–H groups in total. The molecule has 0 saturated carbocycles. The molecule has 3 heteroatoms. The van der Waals surface area contributed by atoms with Crippen molar-refractivity contribution in [2.75, 3.05) is 0 Å². The van der Waals surface area contributed by atoms with Gasteiger partial charge in [0.05, 0.1) is 10.2 Å². The zero-order chi connectivity index (χ0) is 8.55. The van der Waals surface area contributed by atoms with Gasteiger partial charge >= 0.3 is 0 Å². The van der Waals surface area contributed by atoms with Crippen molar-refractivity contribution in [3.8, 4) is 5.19 Å². The minimum atomic E-state index is 0.151. The van der Waals surface area contributed by atoms with E-state index in [1.807, 2.05) is 12.1 Å². The molecule has 0 radical (unpaired) electrons. The summed E-state index contributed by atoms with van der Waals surface area (Å²) in [5.74, 6) is 0. The molecular weight excluding hydrogens is 170 g/mol. The molecule has 0 amide bonds. The lowest BCUT2D eigenvalue weighted by atomic mass is 10.2. The highest BCUT2D eigenvalue weighted by Gasteiger charge is 2.01. The molecule has 0 bridgehead atoms. The average molecular weight is 179 g/mol. The molecule has 2 rings (SSSR count). The maximum absolute atomic E-state index is 9.13. The first kappa shape index (κ1) is 7.55. The summed E-state index contributed by atoms with van der Waals surface area (Å²) >= 11 is 1.32. The number of thiazole rings is 1. The summed E-state index contributed by atoms with van der Waals surface area (Å²) in [7, 11) is 0. The van der Waals surface area contributed by atoms with Gasteiger partial charge in [-0.3, -0.25) is 0 Å². The first-order chi connectivity index (χ1) is 5.79. The van der Waals surface area contributed by atoms with Crippen LogP contribution in [0, 0.1) is 0 Å². The van der Waals surface area contributed by atoms with E-state index >= 15 is 0 Å². The highest BCUT2D eigenvalue weighted by atomic mass is 32.1. The number of aromatic nitrogens is 1. The summed E-state index contributed by atoms with van der Waals surface area (Å²) in [6, 6.07) is 6.09. The fourth-order valence-electron chi connectivity index (χ4n) is 1.18. The van der Waals surface area contributed by atoms with Crippen LogP contribution in [0.4, 0.5) is 0 Å². The van der Waals surface area contributed by atoms with Crippen LogP contribution in [0.5, 0.6) is 5.19 Å². The van der Waals surface area contributed by atoms with Gasteiger partial charge in [0.15, 0.2) is 0 Å². The fourth-order valence-corrected chi connectivity index (χ4v) is 1.87. The molecule has 2 nitrogen and oxygen atoms in total. The van der Waals surface area contributed by atoms with Crippen LogP contribution in [0.1, 0.15) is 12.5 Å². The van der Waals surface area contributed by atoms with Crippen molar-refractivity contribution < 1.29 is 5.11 Å². The Morgan fingerprint density at radius 2 is 2.33 bits per heavy atom. The second kappa shape index (κ2) is 2.75. The predicted molar refractivity (Wildman–Crippen MR) is 50.7 cm³/mol. The number of aryl methyl sites for hydroxylation is 1. The zero-order valence-electron chi connectivity index (χ0n) is 6.74. The van der Waals surface area contributed by atoms with Gasteiger partial charge in [-0.2, -0.15) is 0 Å². The minimum Gasteiger partial charge on any atom is -0.486 e. The highest BCUT2D eigenvalue weighted by Crippen LogP contribution is 2.26. The van der Waals surface area contributed by atoms with Gasteiger partial charge in [0.25, 0.3) is 5.19 Å². The molecule has 0 aliphatic heterocycles. The van der Waals surface area contributed by atoms with Crippen molar-refractivity contribution in [1.82, 2.24) is 4.98 Å². The lowest BCUT2D eigenvalue weighted by Gasteiger charge is -1.93. The molecule has 0 aliphatic carbocycles. The minimum absolute atomic E-state index is 0.151. The summed E-state index contributed by atoms with van der Waals surface area (Å²) in [5.41, 5.74) is 2.16. The van der Waals surface area contributed by atoms with Gasteiger partial charge in [-0.25, -0.2) is 4.98 Å². The smallest absolute Gasteiger partial charge is 0.271 e. The molecule has 1 aromatic carbocycles. The molecule has 2 aromatic rings. The Kier molecular flexibility index (Phi) is 1.73. The maximum Gasteiger partial charge on any atom is 0.271 e. The van der Waals surface area contributed by atoms with Gasteiger partial charge in [0.2, 0.25) is 0 Å². The third-order valence-corrected chi connectivity index (χ3v) is 2.69. The first-order valence-corrected chi connectivity index (χ1v) is 4.69. The van der Waals surface area contributed by atoms with E-state index in [0.717, 1.165) is 16.6 Å². The summed E-state index contributed by atoms with van der Waals surface area (Å²) in [6.45, 7) is 2.10. The summed E-state index contributed by atoms with van der Waals surface area (Å²) < 4.78 is 1.05. The standard InChI is InChI=1S/C9H9NOS/c1-2-6-3-4-8-7(5-6)10-9(11)12-8/h3-5H,2H2,1H3,(H,10,11). The van der Waals surface area contributed by atoms with Crippen LogP contribution in [0.15, 0.2) is 18.2 Å². The Balaban J connectivity index is 2.66. The van der Waals surface area contributed by atoms with Gasteiger partial charge in [0.1, 0.15) is 0 Å². The van der Waals surface area contributed by atoms with E-state index in [1.165, 1.54) is 16.9 Å². The Bertz CT molecular complexity index is 408. The number of benzene rings is 1. The van der Waals surface area contributed by atoms with Gasteiger partial charge < -0.3 is 5.11 Å². The monoisotopic (exact) mass is 179 g/mol. The molecule has 1 heterocycles. The Hall–Kier alpha value is -1.09. The number of nitrogens with zero attached hydrogens (tertiary/aromatic N) is 1.